The number of rotatable bonds is 7. The minimum atomic E-state index is -0.0306. The summed E-state index contributed by atoms with van der Waals surface area (Å²) in [5, 5.41) is 6.37. The van der Waals surface area contributed by atoms with E-state index in [4.69, 9.17) is 0 Å². The molecule has 0 amide bonds. The minimum absolute atomic E-state index is 0. The maximum Gasteiger partial charge on any atom is 0.187 e. The topological polar surface area (TPSA) is 58.2 Å². The van der Waals surface area contributed by atoms with E-state index >= 15 is 0 Å². The predicted octanol–water partition coefficient (Wildman–Crippen LogP) is 2.47. The molecule has 0 saturated heterocycles. The Morgan fingerprint density at radius 1 is 1.00 bits per heavy atom. The molecule has 2 N–H and O–H groups in total. The van der Waals surface area contributed by atoms with E-state index in [0.717, 1.165) is 5.57 Å². The average Bonchev–Trinajstić information content (AvgIpc) is 2.55. The van der Waals surface area contributed by atoms with Crippen LogP contribution in [0.25, 0.3) is 0 Å². The number of ketones is 2. The van der Waals surface area contributed by atoms with E-state index < -0.39 is 0 Å². The third-order valence-electron chi connectivity index (χ3n) is 3.47. The number of hydrogen-bond acceptors (Lipinski definition) is 4. The van der Waals surface area contributed by atoms with Gasteiger partial charge in [-0.3, -0.25) is 9.59 Å². The molecule has 2 rings (SSSR count). The van der Waals surface area contributed by atoms with E-state index in [0.29, 0.717) is 24.1 Å². The van der Waals surface area contributed by atoms with Crippen LogP contribution in [0, 0.1) is 6.92 Å². The van der Waals surface area contributed by atoms with Gasteiger partial charge in [0.05, 0.1) is 0 Å². The summed E-state index contributed by atoms with van der Waals surface area (Å²) in [7, 11) is 0. The van der Waals surface area contributed by atoms with Crippen molar-refractivity contribution < 1.29 is 26.4 Å². The van der Waals surface area contributed by atoms with Crippen LogP contribution in [-0.2, 0) is 26.4 Å². The van der Waals surface area contributed by atoms with Crippen molar-refractivity contribution in [1.82, 2.24) is 10.6 Å². The molecule has 1 radical (unpaired) electrons. The molecule has 2 aliphatic rings. The summed E-state index contributed by atoms with van der Waals surface area (Å²) in [6, 6.07) is 0.00432. The monoisotopic (exact) mass is 380 g/mol. The third-order valence-corrected chi connectivity index (χ3v) is 3.47. The van der Waals surface area contributed by atoms with Gasteiger partial charge in [-0.1, -0.05) is 24.3 Å². The van der Waals surface area contributed by atoms with E-state index in [1.807, 2.05) is 12.2 Å². The van der Waals surface area contributed by atoms with Crippen molar-refractivity contribution in [3.63, 3.8) is 0 Å². The third kappa shape index (κ3) is 6.87. The van der Waals surface area contributed by atoms with Crippen molar-refractivity contribution >= 4 is 11.6 Å². The summed E-state index contributed by atoms with van der Waals surface area (Å²) in [5.74, 6) is -0.0556. The molecule has 0 fully saturated rings. The Balaban J connectivity index is 0.00000312. The smallest absolute Gasteiger partial charge is 0.187 e. The molecule has 0 bridgehead atoms. The van der Waals surface area contributed by atoms with Crippen molar-refractivity contribution in [2.45, 2.75) is 12.5 Å². The fourth-order valence-corrected chi connectivity index (χ4v) is 2.26. The standard InChI is InChI=1S/C20H21N2O2.Co/c1-15(2)11-18(22-13-17-8-4-6-10-20(17)24)14-21-12-16-7-3-5-9-19(16)23;/h3-10,12-13,18,21-22H,1-2,11,14H2;/q-1;/b16-12-,17-13-;. The number of hydrogen-bond donors (Lipinski definition) is 2. The van der Waals surface area contributed by atoms with E-state index in [1.54, 1.807) is 36.7 Å². The van der Waals surface area contributed by atoms with Gasteiger partial charge in [0.1, 0.15) is 0 Å². The summed E-state index contributed by atoms with van der Waals surface area (Å²) in [6.45, 7) is 8.24. The van der Waals surface area contributed by atoms with Gasteiger partial charge in [0.15, 0.2) is 11.6 Å². The molecule has 0 aromatic heterocycles. The minimum Gasteiger partial charge on any atom is -0.388 e. The normalized spacial score (nSPS) is 19.8. The molecule has 1 atom stereocenters. The zero-order valence-corrected chi connectivity index (χ0v) is 14.9. The Hall–Kier alpha value is -2.50. The summed E-state index contributed by atoms with van der Waals surface area (Å²) in [5.41, 5.74) is 2.01. The first-order valence-corrected chi connectivity index (χ1v) is 7.74. The first-order chi connectivity index (χ1) is 11.6. The molecule has 0 aromatic rings. The van der Waals surface area contributed by atoms with Crippen LogP contribution >= 0.6 is 0 Å². The maximum atomic E-state index is 11.7. The van der Waals surface area contributed by atoms with Crippen LogP contribution in [0.3, 0.4) is 0 Å². The Kier molecular flexibility index (Phi) is 8.53. The largest absolute Gasteiger partial charge is 0.388 e. The first-order valence-electron chi connectivity index (χ1n) is 7.74. The molecular weight excluding hydrogens is 359 g/mol. The van der Waals surface area contributed by atoms with E-state index in [9.17, 15) is 9.59 Å². The molecular formula is C20H21CoN2O2-. The molecule has 1 unspecified atom stereocenters. The Labute approximate surface area is 159 Å². The van der Waals surface area contributed by atoms with Crippen LogP contribution < -0.4 is 10.6 Å². The fourth-order valence-electron chi connectivity index (χ4n) is 2.26. The quantitative estimate of drug-likeness (QED) is 0.526. The number of nitrogens with one attached hydrogen (secondary N) is 2. The van der Waals surface area contributed by atoms with Crippen LogP contribution in [0.5, 0.6) is 0 Å². The SMILES string of the molecule is C=C([CH2-])CC(CN/C=C1/C=CC=CC1=O)N/C=C1/C=CC=CC1=O.[Co]. The van der Waals surface area contributed by atoms with Gasteiger partial charge in [-0.25, -0.2) is 19.1 Å². The molecule has 0 aromatic carbocycles. The summed E-state index contributed by atoms with van der Waals surface area (Å²) in [4.78, 5) is 23.4. The molecule has 4 nitrogen and oxygen atoms in total. The van der Waals surface area contributed by atoms with Crippen LogP contribution in [0.2, 0.25) is 0 Å². The van der Waals surface area contributed by atoms with Gasteiger partial charge in [-0.15, -0.1) is 0 Å². The van der Waals surface area contributed by atoms with Gasteiger partial charge < -0.3 is 10.6 Å². The molecule has 5 heteroatoms. The van der Waals surface area contributed by atoms with Crippen molar-refractivity contribution in [2.75, 3.05) is 6.54 Å². The maximum absolute atomic E-state index is 11.7. The van der Waals surface area contributed by atoms with Crippen LogP contribution in [0.1, 0.15) is 6.42 Å². The van der Waals surface area contributed by atoms with Crippen LogP contribution in [0.15, 0.2) is 84.3 Å². The molecule has 0 aliphatic heterocycles. The second-order valence-electron chi connectivity index (χ2n) is 5.59. The van der Waals surface area contributed by atoms with Gasteiger partial charge >= 0.3 is 0 Å². The Morgan fingerprint density at radius 3 is 2.04 bits per heavy atom. The van der Waals surface area contributed by atoms with E-state index in [1.165, 1.54) is 12.2 Å². The first kappa shape index (κ1) is 20.5. The van der Waals surface area contributed by atoms with E-state index in [-0.39, 0.29) is 34.4 Å². The molecule has 2 aliphatic carbocycles. The van der Waals surface area contributed by atoms with Crippen molar-refractivity contribution in [1.29, 1.82) is 0 Å². The van der Waals surface area contributed by atoms with Crippen molar-refractivity contribution in [2.24, 2.45) is 0 Å². The second-order valence-corrected chi connectivity index (χ2v) is 5.59. The summed E-state index contributed by atoms with van der Waals surface area (Å²) < 4.78 is 0. The number of carbonyl (C=O) groups excluding carboxylic acids is 2. The molecule has 133 valence electrons. The number of allylic oxidation sites excluding steroid dienone is 10. The number of carbonyl (C=O) groups is 2. The Morgan fingerprint density at radius 2 is 1.52 bits per heavy atom. The van der Waals surface area contributed by atoms with Gasteiger partial charge in [-0.2, -0.15) is 0 Å². The zero-order chi connectivity index (χ0) is 17.4. The molecule has 0 saturated carbocycles. The fraction of sp³-hybridized carbons (Fsp3) is 0.150. The van der Waals surface area contributed by atoms with Crippen LogP contribution in [-0.4, -0.2) is 24.2 Å². The molecule has 25 heavy (non-hydrogen) atoms. The second kappa shape index (κ2) is 10.4. The molecule has 0 spiro atoms. The van der Waals surface area contributed by atoms with Gasteiger partial charge in [0.25, 0.3) is 0 Å². The average molecular weight is 380 g/mol. The zero-order valence-electron chi connectivity index (χ0n) is 13.8. The van der Waals surface area contributed by atoms with Gasteiger partial charge in [0, 0.05) is 52.9 Å². The summed E-state index contributed by atoms with van der Waals surface area (Å²) in [6.07, 6.45) is 17.7. The Bertz CT molecular complexity index is 709. The van der Waals surface area contributed by atoms with E-state index in [2.05, 4.69) is 24.1 Å². The van der Waals surface area contributed by atoms with Gasteiger partial charge in [0.2, 0.25) is 0 Å². The van der Waals surface area contributed by atoms with Crippen molar-refractivity contribution in [3.05, 3.63) is 91.2 Å². The molecule has 0 heterocycles. The van der Waals surface area contributed by atoms with Crippen molar-refractivity contribution in [3.8, 4) is 0 Å². The van der Waals surface area contributed by atoms with Crippen LogP contribution in [0.4, 0.5) is 0 Å². The summed E-state index contributed by atoms with van der Waals surface area (Å²) >= 11 is 0. The van der Waals surface area contributed by atoms with Gasteiger partial charge in [-0.05, 0) is 30.7 Å². The predicted molar refractivity (Wildman–Crippen MR) is 96.8 cm³/mol.